The van der Waals surface area contributed by atoms with Crippen molar-refractivity contribution >= 4 is 23.0 Å². The Morgan fingerprint density at radius 3 is 2.46 bits per heavy atom. The highest BCUT2D eigenvalue weighted by Gasteiger charge is 2.40. The molecule has 6 heteroatoms. The summed E-state index contributed by atoms with van der Waals surface area (Å²) >= 11 is 1.23. The molecule has 4 nitrogen and oxygen atoms in total. The van der Waals surface area contributed by atoms with Gasteiger partial charge in [-0.1, -0.05) is 27.4 Å². The van der Waals surface area contributed by atoms with Crippen LogP contribution in [-0.2, 0) is 0 Å². The van der Waals surface area contributed by atoms with Crippen LogP contribution in [0.5, 0.6) is 0 Å². The second-order valence-corrected chi connectivity index (χ2v) is 8.68. The molecule has 3 unspecified atom stereocenters. The van der Waals surface area contributed by atoms with E-state index in [0.29, 0.717) is 23.6 Å². The Morgan fingerprint density at radius 2 is 1.96 bits per heavy atom. The molecule has 1 aromatic rings. The fourth-order valence-electron chi connectivity index (χ4n) is 3.42. The van der Waals surface area contributed by atoms with Crippen LogP contribution in [0.15, 0.2) is 24.4 Å². The molecule has 26 heavy (non-hydrogen) atoms. The van der Waals surface area contributed by atoms with Crippen LogP contribution in [0.1, 0.15) is 58.3 Å². The van der Waals surface area contributed by atoms with Gasteiger partial charge in [0.1, 0.15) is 5.84 Å². The topological polar surface area (TPSA) is 54.0 Å². The lowest BCUT2D eigenvalue weighted by molar-refractivity contribution is 0.377. The molecule has 3 atom stereocenters. The maximum absolute atomic E-state index is 13.2. The van der Waals surface area contributed by atoms with Gasteiger partial charge in [-0.05, 0) is 44.7 Å². The lowest BCUT2D eigenvalue weighted by Crippen LogP contribution is -2.44. The number of amidine groups is 2. The normalized spacial score (nSPS) is 18.8. The number of nitrogens with zero attached hydrogens (tertiary/aromatic N) is 2. The van der Waals surface area contributed by atoms with Crippen molar-refractivity contribution in [3.63, 3.8) is 0 Å². The van der Waals surface area contributed by atoms with Gasteiger partial charge < -0.3 is 9.80 Å². The van der Waals surface area contributed by atoms with Crippen molar-refractivity contribution in [2.24, 2.45) is 5.92 Å². The number of hydrogen-bond acceptors (Lipinski definition) is 4. The Labute approximate surface area is 160 Å². The first kappa shape index (κ1) is 20.6. The highest BCUT2D eigenvalue weighted by Crippen LogP contribution is 2.37. The zero-order valence-corrected chi connectivity index (χ0v) is 17.3. The zero-order chi connectivity index (χ0) is 19.6. The highest BCUT2D eigenvalue weighted by atomic mass is 32.1. The molecule has 1 aliphatic heterocycles. The van der Waals surface area contributed by atoms with Gasteiger partial charge in [0.2, 0.25) is 0 Å². The fraction of sp³-hybridized carbons (Fsp3) is 0.600. The fourth-order valence-corrected chi connectivity index (χ4v) is 4.24. The van der Waals surface area contributed by atoms with Crippen molar-refractivity contribution < 1.29 is 4.39 Å². The van der Waals surface area contributed by atoms with Crippen LogP contribution in [0.4, 0.5) is 4.39 Å². The smallest absolute Gasteiger partial charge is 0.176 e. The van der Waals surface area contributed by atoms with Gasteiger partial charge in [0.25, 0.3) is 0 Å². The molecule has 1 saturated heterocycles. The lowest BCUT2D eigenvalue weighted by Gasteiger charge is -2.32. The van der Waals surface area contributed by atoms with Gasteiger partial charge in [0, 0.05) is 29.1 Å². The average molecular weight is 379 g/mol. The van der Waals surface area contributed by atoms with E-state index in [1.807, 2.05) is 24.8 Å². The number of hydrogen-bond donors (Lipinski definition) is 2. The van der Waals surface area contributed by atoms with Gasteiger partial charge in [0.15, 0.2) is 5.13 Å². The summed E-state index contributed by atoms with van der Waals surface area (Å²) in [7, 11) is 0. The van der Waals surface area contributed by atoms with E-state index in [2.05, 4.69) is 25.3 Å². The number of nitrogens with one attached hydrogen (secondary N) is 2. The predicted octanol–water partition coefficient (Wildman–Crippen LogP) is 5.29. The molecule has 2 rings (SSSR count). The molecule has 0 spiro atoms. The van der Waals surface area contributed by atoms with Crippen molar-refractivity contribution in [1.82, 2.24) is 9.80 Å². The van der Waals surface area contributed by atoms with E-state index in [1.54, 1.807) is 6.92 Å². The molecule has 0 saturated carbocycles. The second-order valence-electron chi connectivity index (χ2n) is 7.61. The average Bonchev–Trinajstić information content (AvgIpc) is 2.93. The van der Waals surface area contributed by atoms with Gasteiger partial charge in [-0.3, -0.25) is 10.8 Å². The van der Waals surface area contributed by atoms with Gasteiger partial charge in [-0.25, -0.2) is 0 Å². The van der Waals surface area contributed by atoms with Crippen LogP contribution < -0.4 is 0 Å². The molecule has 144 valence electrons. The SMILES string of the molecule is C=C1C(CC(C)N(C(C)=N)C(=N)C(C)C)N1CCC(C)c1ccc(F)s1. The summed E-state index contributed by atoms with van der Waals surface area (Å²) in [4.78, 5) is 5.22. The molecule has 1 aromatic heterocycles. The van der Waals surface area contributed by atoms with Crippen molar-refractivity contribution in [3.8, 4) is 0 Å². The molecule has 0 bridgehead atoms. The largest absolute Gasteiger partial charge is 0.365 e. The maximum Gasteiger partial charge on any atom is 0.176 e. The summed E-state index contributed by atoms with van der Waals surface area (Å²) in [6.07, 6.45) is 1.84. The minimum atomic E-state index is -0.121. The number of rotatable bonds is 8. The quantitative estimate of drug-likeness (QED) is 0.367. The highest BCUT2D eigenvalue weighted by molar-refractivity contribution is 7.10. The van der Waals surface area contributed by atoms with E-state index in [4.69, 9.17) is 10.8 Å². The van der Waals surface area contributed by atoms with Gasteiger partial charge in [-0.2, -0.15) is 4.39 Å². The van der Waals surface area contributed by atoms with Crippen molar-refractivity contribution in [3.05, 3.63) is 34.4 Å². The third-order valence-corrected chi connectivity index (χ3v) is 6.22. The molecule has 1 fully saturated rings. The monoisotopic (exact) mass is 378 g/mol. The minimum absolute atomic E-state index is 0.0953. The maximum atomic E-state index is 13.2. The molecular formula is C20H31FN4S. The van der Waals surface area contributed by atoms with E-state index in [9.17, 15) is 4.39 Å². The predicted molar refractivity (Wildman–Crippen MR) is 109 cm³/mol. The van der Waals surface area contributed by atoms with E-state index in [1.165, 1.54) is 17.4 Å². The van der Waals surface area contributed by atoms with Crippen molar-refractivity contribution in [2.45, 2.75) is 65.5 Å². The Morgan fingerprint density at radius 1 is 1.31 bits per heavy atom. The Kier molecular flexibility index (Phi) is 6.61. The third kappa shape index (κ3) is 4.72. The Balaban J connectivity index is 1.87. The zero-order valence-electron chi connectivity index (χ0n) is 16.5. The van der Waals surface area contributed by atoms with Crippen LogP contribution in [-0.4, -0.2) is 40.1 Å². The molecule has 2 N–H and O–H groups in total. The van der Waals surface area contributed by atoms with Crippen LogP contribution in [0.25, 0.3) is 0 Å². The summed E-state index contributed by atoms with van der Waals surface area (Å²) in [5.74, 6) is 1.35. The molecule has 0 aromatic carbocycles. The second kappa shape index (κ2) is 8.33. The first-order valence-electron chi connectivity index (χ1n) is 9.27. The Bertz CT molecular complexity index is 681. The van der Waals surface area contributed by atoms with Crippen LogP contribution in [0.2, 0.25) is 0 Å². The summed E-state index contributed by atoms with van der Waals surface area (Å²) < 4.78 is 13.2. The summed E-state index contributed by atoms with van der Waals surface area (Å²) in [6, 6.07) is 3.83. The molecule has 0 radical (unpaired) electrons. The molecule has 1 aliphatic rings. The molecular weight excluding hydrogens is 347 g/mol. The van der Waals surface area contributed by atoms with E-state index >= 15 is 0 Å². The molecule has 0 amide bonds. The summed E-state index contributed by atoms with van der Waals surface area (Å²) in [6.45, 7) is 15.0. The van der Waals surface area contributed by atoms with Crippen molar-refractivity contribution in [1.29, 1.82) is 10.8 Å². The van der Waals surface area contributed by atoms with E-state index < -0.39 is 0 Å². The van der Waals surface area contributed by atoms with Crippen molar-refractivity contribution in [2.75, 3.05) is 6.54 Å². The minimum Gasteiger partial charge on any atom is -0.365 e. The molecule has 2 heterocycles. The van der Waals surface area contributed by atoms with Gasteiger partial charge in [0.05, 0.1) is 11.9 Å². The van der Waals surface area contributed by atoms with Crippen LogP contribution in [0, 0.1) is 21.9 Å². The lowest BCUT2D eigenvalue weighted by atomic mass is 10.1. The third-order valence-electron chi connectivity index (χ3n) is 5.12. The number of halogens is 1. The standard InChI is InChI=1S/C20H31FN4S/c1-12(2)20(23)25(16(6)22)14(4)11-17-15(5)24(17)10-9-13(3)18-7-8-19(21)26-18/h7-8,12-14,17,22-23H,5,9-11H2,1-4,6H3. The Hall–Kier alpha value is -1.69. The summed E-state index contributed by atoms with van der Waals surface area (Å²) in [5, 5.41) is 16.2. The van der Waals surface area contributed by atoms with Crippen LogP contribution in [0.3, 0.4) is 0 Å². The first-order valence-corrected chi connectivity index (χ1v) is 10.1. The van der Waals surface area contributed by atoms with E-state index in [-0.39, 0.29) is 17.1 Å². The van der Waals surface area contributed by atoms with Crippen LogP contribution >= 0.6 is 11.3 Å². The van der Waals surface area contributed by atoms with Gasteiger partial charge >= 0.3 is 0 Å². The summed E-state index contributed by atoms with van der Waals surface area (Å²) in [5.41, 5.74) is 1.14. The van der Waals surface area contributed by atoms with Gasteiger partial charge in [-0.15, -0.1) is 11.3 Å². The first-order chi connectivity index (χ1) is 12.1. The molecule has 0 aliphatic carbocycles. The van der Waals surface area contributed by atoms with E-state index in [0.717, 1.165) is 30.0 Å². The number of thiophene rings is 1.